The Morgan fingerprint density at radius 3 is 2.80 bits per heavy atom. The van der Waals surface area contributed by atoms with Gasteiger partial charge >= 0.3 is 0 Å². The summed E-state index contributed by atoms with van der Waals surface area (Å²) < 4.78 is 19.5. The molecule has 0 amide bonds. The van der Waals surface area contributed by atoms with Crippen molar-refractivity contribution in [1.82, 2.24) is 4.98 Å². The minimum absolute atomic E-state index is 0.194. The molecule has 1 aromatic heterocycles. The summed E-state index contributed by atoms with van der Waals surface area (Å²) in [6, 6.07) is 11.9. The number of hydrogen-bond donors (Lipinski definition) is 1. The van der Waals surface area contributed by atoms with E-state index in [1.54, 1.807) is 30.5 Å². The molecule has 20 heavy (non-hydrogen) atoms. The highest BCUT2D eigenvalue weighted by atomic mass is 19.1. The third-order valence-corrected chi connectivity index (χ3v) is 3.07. The number of nitrogen functional groups attached to an aromatic ring is 1. The molecule has 1 heterocycles. The van der Waals surface area contributed by atoms with Crippen LogP contribution in [-0.2, 0) is 0 Å². The zero-order valence-electron chi connectivity index (χ0n) is 10.9. The first kappa shape index (κ1) is 12.4. The van der Waals surface area contributed by atoms with Crippen molar-refractivity contribution in [2.24, 2.45) is 0 Å². The molecule has 0 bridgehead atoms. The zero-order valence-corrected chi connectivity index (χ0v) is 10.9. The second-order valence-corrected chi connectivity index (χ2v) is 4.59. The van der Waals surface area contributed by atoms with Gasteiger partial charge in [0.25, 0.3) is 0 Å². The monoisotopic (exact) mass is 268 g/mol. The van der Waals surface area contributed by atoms with Crippen LogP contribution in [0.5, 0.6) is 11.5 Å². The van der Waals surface area contributed by atoms with E-state index in [1.165, 1.54) is 6.07 Å². The Kier molecular flexibility index (Phi) is 2.99. The first-order valence-electron chi connectivity index (χ1n) is 6.22. The summed E-state index contributed by atoms with van der Waals surface area (Å²) in [6.45, 7) is 1.88. The van der Waals surface area contributed by atoms with Gasteiger partial charge < -0.3 is 10.5 Å². The molecule has 3 nitrogen and oxygen atoms in total. The normalized spacial score (nSPS) is 10.7. The molecule has 0 aliphatic rings. The molecular weight excluding hydrogens is 255 g/mol. The molecule has 3 aromatic rings. The summed E-state index contributed by atoms with van der Waals surface area (Å²) in [7, 11) is 0. The lowest BCUT2D eigenvalue weighted by atomic mass is 10.2. The number of nitrogens with two attached hydrogens (primary N) is 1. The van der Waals surface area contributed by atoms with Gasteiger partial charge in [-0.1, -0.05) is 12.1 Å². The number of rotatable bonds is 2. The Morgan fingerprint density at radius 2 is 1.95 bits per heavy atom. The summed E-state index contributed by atoms with van der Waals surface area (Å²) in [5, 5.41) is 0.758. The molecular formula is C16H13FN2O. The summed E-state index contributed by atoms with van der Waals surface area (Å²) in [4.78, 5) is 4.22. The lowest BCUT2D eigenvalue weighted by Crippen LogP contribution is -1.93. The molecule has 0 aliphatic heterocycles. The fraction of sp³-hybridized carbons (Fsp3) is 0.0625. The van der Waals surface area contributed by atoms with Crippen molar-refractivity contribution < 1.29 is 9.13 Å². The van der Waals surface area contributed by atoms with Crippen LogP contribution in [0.4, 0.5) is 10.1 Å². The number of ether oxygens (including phenoxy) is 1. The van der Waals surface area contributed by atoms with Gasteiger partial charge in [-0.15, -0.1) is 0 Å². The van der Waals surface area contributed by atoms with Crippen molar-refractivity contribution in [3.05, 3.63) is 60.0 Å². The van der Waals surface area contributed by atoms with Gasteiger partial charge in [-0.3, -0.25) is 4.98 Å². The quantitative estimate of drug-likeness (QED) is 0.713. The first-order chi connectivity index (χ1) is 9.65. The fourth-order valence-electron chi connectivity index (χ4n) is 2.07. The lowest BCUT2D eigenvalue weighted by Gasteiger charge is -2.10. The molecule has 0 radical (unpaired) electrons. The van der Waals surface area contributed by atoms with E-state index in [9.17, 15) is 4.39 Å². The summed E-state index contributed by atoms with van der Waals surface area (Å²) >= 11 is 0. The maximum Gasteiger partial charge on any atom is 0.165 e. The smallest absolute Gasteiger partial charge is 0.165 e. The summed E-state index contributed by atoms with van der Waals surface area (Å²) in [6.07, 6.45) is 1.60. The maximum atomic E-state index is 13.8. The SMILES string of the molecule is Cc1ccc(F)c(Oc2ccnc3c(N)cccc23)c1. The second-order valence-electron chi connectivity index (χ2n) is 4.59. The Morgan fingerprint density at radius 1 is 1.10 bits per heavy atom. The van der Waals surface area contributed by atoms with Crippen LogP contribution in [0.15, 0.2) is 48.7 Å². The molecule has 0 atom stereocenters. The predicted molar refractivity (Wildman–Crippen MR) is 77.4 cm³/mol. The van der Waals surface area contributed by atoms with E-state index >= 15 is 0 Å². The van der Waals surface area contributed by atoms with E-state index in [2.05, 4.69) is 4.98 Å². The van der Waals surface area contributed by atoms with Crippen LogP contribution in [-0.4, -0.2) is 4.98 Å². The van der Waals surface area contributed by atoms with Crippen molar-refractivity contribution in [2.75, 3.05) is 5.73 Å². The van der Waals surface area contributed by atoms with E-state index in [0.29, 0.717) is 17.0 Å². The van der Waals surface area contributed by atoms with Crippen LogP contribution in [0, 0.1) is 12.7 Å². The number of benzene rings is 2. The standard InChI is InChI=1S/C16H13FN2O/c1-10-5-6-12(17)15(9-10)20-14-7-8-19-16-11(14)3-2-4-13(16)18/h2-9H,18H2,1H3. The highest BCUT2D eigenvalue weighted by Gasteiger charge is 2.09. The summed E-state index contributed by atoms with van der Waals surface area (Å²) in [5.41, 5.74) is 8.03. The van der Waals surface area contributed by atoms with E-state index < -0.39 is 5.82 Å². The number of aryl methyl sites for hydroxylation is 1. The number of halogens is 1. The number of hydrogen-bond acceptors (Lipinski definition) is 3. The molecule has 0 aliphatic carbocycles. The minimum Gasteiger partial charge on any atom is -0.454 e. The van der Waals surface area contributed by atoms with Gasteiger partial charge in [0.05, 0.1) is 11.2 Å². The van der Waals surface area contributed by atoms with Crippen molar-refractivity contribution in [3.8, 4) is 11.5 Å². The molecule has 4 heteroatoms. The van der Waals surface area contributed by atoms with E-state index in [4.69, 9.17) is 10.5 Å². The Balaban J connectivity index is 2.11. The van der Waals surface area contributed by atoms with Crippen molar-refractivity contribution >= 4 is 16.6 Å². The van der Waals surface area contributed by atoms with E-state index in [-0.39, 0.29) is 5.75 Å². The van der Waals surface area contributed by atoms with Gasteiger partial charge in [0.2, 0.25) is 0 Å². The van der Waals surface area contributed by atoms with Crippen LogP contribution in [0.3, 0.4) is 0 Å². The largest absolute Gasteiger partial charge is 0.454 e. The number of fused-ring (bicyclic) bond motifs is 1. The molecule has 100 valence electrons. The van der Waals surface area contributed by atoms with Gasteiger partial charge in [-0.2, -0.15) is 0 Å². The van der Waals surface area contributed by atoms with Crippen molar-refractivity contribution in [2.45, 2.75) is 6.92 Å². The third-order valence-electron chi connectivity index (χ3n) is 3.07. The van der Waals surface area contributed by atoms with Gasteiger partial charge in [-0.25, -0.2) is 4.39 Å². The molecule has 2 N–H and O–H groups in total. The van der Waals surface area contributed by atoms with Crippen molar-refractivity contribution in [1.29, 1.82) is 0 Å². The van der Waals surface area contributed by atoms with Crippen molar-refractivity contribution in [3.63, 3.8) is 0 Å². The van der Waals surface area contributed by atoms with Crippen LogP contribution in [0.1, 0.15) is 5.56 Å². The Bertz CT molecular complexity index is 787. The summed E-state index contributed by atoms with van der Waals surface area (Å²) in [5.74, 6) is 0.330. The number of pyridine rings is 1. The lowest BCUT2D eigenvalue weighted by molar-refractivity contribution is 0.445. The molecule has 2 aromatic carbocycles. The molecule has 0 spiro atoms. The zero-order chi connectivity index (χ0) is 14.1. The van der Waals surface area contributed by atoms with Gasteiger partial charge in [-0.05, 0) is 42.8 Å². The fourth-order valence-corrected chi connectivity index (χ4v) is 2.07. The molecule has 0 fully saturated rings. The van der Waals surface area contributed by atoms with E-state index in [1.807, 2.05) is 19.1 Å². The highest BCUT2D eigenvalue weighted by Crippen LogP contribution is 2.32. The van der Waals surface area contributed by atoms with Gasteiger partial charge in [0.15, 0.2) is 11.6 Å². The third kappa shape index (κ3) is 2.16. The Hall–Kier alpha value is -2.62. The number of anilines is 1. The first-order valence-corrected chi connectivity index (χ1v) is 6.22. The Labute approximate surface area is 115 Å². The van der Waals surface area contributed by atoms with Gasteiger partial charge in [0.1, 0.15) is 5.75 Å². The van der Waals surface area contributed by atoms with E-state index in [0.717, 1.165) is 10.9 Å². The average molecular weight is 268 g/mol. The van der Waals surface area contributed by atoms with Gasteiger partial charge in [0, 0.05) is 11.6 Å². The molecule has 0 saturated heterocycles. The average Bonchev–Trinajstić information content (AvgIpc) is 2.44. The second kappa shape index (κ2) is 4.81. The topological polar surface area (TPSA) is 48.1 Å². The van der Waals surface area contributed by atoms with Crippen LogP contribution < -0.4 is 10.5 Å². The number of nitrogens with zero attached hydrogens (tertiary/aromatic N) is 1. The maximum absolute atomic E-state index is 13.8. The van der Waals surface area contributed by atoms with Crippen LogP contribution >= 0.6 is 0 Å². The highest BCUT2D eigenvalue weighted by molar-refractivity contribution is 5.93. The number of aromatic nitrogens is 1. The minimum atomic E-state index is -0.399. The molecule has 3 rings (SSSR count). The van der Waals surface area contributed by atoms with Crippen LogP contribution in [0.2, 0.25) is 0 Å². The molecule has 0 saturated carbocycles. The molecule has 0 unspecified atom stereocenters. The van der Waals surface area contributed by atoms with Crippen LogP contribution in [0.25, 0.3) is 10.9 Å². The predicted octanol–water partition coefficient (Wildman–Crippen LogP) is 4.06. The number of para-hydroxylation sites is 1.